The maximum Gasteiger partial charge on any atom is 0.371 e. The zero-order valence-corrected chi connectivity index (χ0v) is 9.23. The quantitative estimate of drug-likeness (QED) is 0.470. The average molecular weight is 279 g/mol. The molecular formula is C9H5BrClFO2. The summed E-state index contributed by atoms with van der Waals surface area (Å²) in [4.78, 5) is 10.8. The largest absolute Gasteiger partial charge is 0.420 e. The van der Waals surface area contributed by atoms with Gasteiger partial charge in [-0.2, -0.15) is 4.39 Å². The van der Waals surface area contributed by atoms with E-state index >= 15 is 0 Å². The Labute approximate surface area is 93.4 Å². The molecule has 1 aromatic rings. The minimum absolute atomic E-state index is 0.0960. The molecule has 0 bridgehead atoms. The Balaban J connectivity index is 2.87. The second kappa shape index (κ2) is 4.57. The van der Waals surface area contributed by atoms with Crippen molar-refractivity contribution in [2.45, 2.75) is 0 Å². The highest BCUT2D eigenvalue weighted by Crippen LogP contribution is 2.28. The van der Waals surface area contributed by atoms with Gasteiger partial charge in [0.1, 0.15) is 5.75 Å². The van der Waals surface area contributed by atoms with Crippen LogP contribution in [0, 0.1) is 0 Å². The Morgan fingerprint density at radius 2 is 2.21 bits per heavy atom. The van der Waals surface area contributed by atoms with Gasteiger partial charge < -0.3 is 4.74 Å². The average Bonchev–Trinajstić information content (AvgIpc) is 2.09. The Morgan fingerprint density at radius 1 is 1.57 bits per heavy atom. The van der Waals surface area contributed by atoms with Crippen molar-refractivity contribution in [3.63, 3.8) is 0 Å². The minimum atomic E-state index is -1.16. The lowest BCUT2D eigenvalue weighted by atomic mass is 10.3. The molecule has 0 amide bonds. The van der Waals surface area contributed by atoms with Gasteiger partial charge in [0.2, 0.25) is 5.83 Å². The molecule has 0 heterocycles. The molecule has 0 aliphatic heterocycles. The lowest BCUT2D eigenvalue weighted by Gasteiger charge is -2.04. The molecule has 0 N–H and O–H groups in total. The van der Waals surface area contributed by atoms with Gasteiger partial charge in [-0.05, 0) is 18.2 Å². The molecule has 74 valence electrons. The van der Waals surface area contributed by atoms with E-state index in [9.17, 15) is 9.18 Å². The summed E-state index contributed by atoms with van der Waals surface area (Å²) in [6.07, 6.45) is 0. The number of ether oxygens (including phenoxy) is 1. The summed E-state index contributed by atoms with van der Waals surface area (Å²) in [5.41, 5.74) is 0. The van der Waals surface area contributed by atoms with Crippen molar-refractivity contribution in [2.24, 2.45) is 0 Å². The normalized spacial score (nSPS) is 9.64. The van der Waals surface area contributed by atoms with Crippen LogP contribution in [0.25, 0.3) is 0 Å². The number of halogens is 3. The summed E-state index contributed by atoms with van der Waals surface area (Å²) in [5, 5.41) is 0.217. The van der Waals surface area contributed by atoms with E-state index in [1.807, 2.05) is 0 Å². The van der Waals surface area contributed by atoms with Crippen LogP contribution in [0.3, 0.4) is 0 Å². The fraction of sp³-hybridized carbons (Fsp3) is 0. The van der Waals surface area contributed by atoms with Crippen LogP contribution in [0.1, 0.15) is 0 Å². The van der Waals surface area contributed by atoms with Crippen LogP contribution < -0.4 is 4.74 Å². The van der Waals surface area contributed by atoms with Crippen molar-refractivity contribution in [1.82, 2.24) is 0 Å². The zero-order chi connectivity index (χ0) is 10.7. The van der Waals surface area contributed by atoms with E-state index in [-0.39, 0.29) is 10.8 Å². The number of benzene rings is 1. The Hall–Kier alpha value is -0.870. The summed E-state index contributed by atoms with van der Waals surface area (Å²) >= 11 is 8.89. The maximum absolute atomic E-state index is 12.3. The smallest absolute Gasteiger partial charge is 0.371 e. The summed E-state index contributed by atoms with van der Waals surface area (Å²) in [7, 11) is 0. The van der Waals surface area contributed by atoms with E-state index in [0.717, 1.165) is 4.47 Å². The standard InChI is InChI=1S/C9H5BrClFO2/c1-5(12)9(13)14-8-3-2-6(10)4-7(8)11/h2-4H,1H2. The van der Waals surface area contributed by atoms with Crippen LogP contribution >= 0.6 is 27.5 Å². The fourth-order valence-electron chi connectivity index (χ4n) is 0.713. The second-order valence-electron chi connectivity index (χ2n) is 2.37. The maximum atomic E-state index is 12.3. The third-order valence-corrected chi connectivity index (χ3v) is 2.11. The highest BCUT2D eigenvalue weighted by Gasteiger charge is 2.11. The van der Waals surface area contributed by atoms with Crippen molar-refractivity contribution in [3.05, 3.63) is 40.1 Å². The first-order chi connectivity index (χ1) is 6.50. The summed E-state index contributed by atoms with van der Waals surface area (Å²) in [5.74, 6) is -2.21. The lowest BCUT2D eigenvalue weighted by Crippen LogP contribution is -2.07. The van der Waals surface area contributed by atoms with Crippen molar-refractivity contribution in [1.29, 1.82) is 0 Å². The third-order valence-electron chi connectivity index (χ3n) is 1.32. The number of rotatable bonds is 2. The van der Waals surface area contributed by atoms with Crippen molar-refractivity contribution in [3.8, 4) is 5.75 Å². The van der Waals surface area contributed by atoms with Crippen LogP contribution in [0.5, 0.6) is 5.75 Å². The van der Waals surface area contributed by atoms with Gasteiger partial charge in [-0.15, -0.1) is 0 Å². The van der Waals surface area contributed by atoms with Crippen molar-refractivity contribution < 1.29 is 13.9 Å². The van der Waals surface area contributed by atoms with Gasteiger partial charge in [0, 0.05) is 4.47 Å². The Bertz CT molecular complexity index is 392. The minimum Gasteiger partial charge on any atom is -0.420 e. The molecule has 14 heavy (non-hydrogen) atoms. The Kier molecular flexibility index (Phi) is 3.66. The van der Waals surface area contributed by atoms with E-state index in [4.69, 9.17) is 11.6 Å². The van der Waals surface area contributed by atoms with Crippen LogP contribution in [0.2, 0.25) is 5.02 Å². The van der Waals surface area contributed by atoms with E-state index in [1.54, 1.807) is 6.07 Å². The predicted octanol–water partition coefficient (Wildman–Crippen LogP) is 3.49. The predicted molar refractivity (Wildman–Crippen MR) is 55.0 cm³/mol. The first kappa shape index (κ1) is 11.2. The lowest BCUT2D eigenvalue weighted by molar-refractivity contribution is -0.131. The highest BCUT2D eigenvalue weighted by atomic mass is 79.9. The molecule has 1 rings (SSSR count). The Morgan fingerprint density at radius 3 is 2.71 bits per heavy atom. The molecule has 0 saturated carbocycles. The zero-order valence-electron chi connectivity index (χ0n) is 6.89. The molecule has 1 aromatic carbocycles. The van der Waals surface area contributed by atoms with Gasteiger partial charge in [-0.25, -0.2) is 4.79 Å². The van der Waals surface area contributed by atoms with Gasteiger partial charge >= 0.3 is 5.97 Å². The number of carbonyl (C=O) groups is 1. The molecule has 0 saturated heterocycles. The monoisotopic (exact) mass is 278 g/mol. The van der Waals surface area contributed by atoms with Gasteiger partial charge in [0.15, 0.2) is 0 Å². The summed E-state index contributed by atoms with van der Waals surface area (Å²) in [6.45, 7) is 2.80. The van der Waals surface area contributed by atoms with Gasteiger partial charge in [-0.1, -0.05) is 34.1 Å². The topological polar surface area (TPSA) is 26.3 Å². The van der Waals surface area contributed by atoms with Crippen molar-refractivity contribution >= 4 is 33.5 Å². The first-order valence-corrected chi connectivity index (χ1v) is 4.69. The fourth-order valence-corrected chi connectivity index (χ4v) is 1.43. The molecule has 0 aliphatic rings. The molecule has 0 atom stereocenters. The summed E-state index contributed by atoms with van der Waals surface area (Å²) in [6, 6.07) is 4.61. The second-order valence-corrected chi connectivity index (χ2v) is 3.69. The molecular weight excluding hydrogens is 274 g/mol. The van der Waals surface area contributed by atoms with Crippen molar-refractivity contribution in [2.75, 3.05) is 0 Å². The molecule has 5 heteroatoms. The molecule has 2 nitrogen and oxygen atoms in total. The van der Waals surface area contributed by atoms with Crippen LogP contribution in [0.15, 0.2) is 35.1 Å². The molecule has 0 radical (unpaired) electrons. The van der Waals surface area contributed by atoms with Crippen LogP contribution in [-0.2, 0) is 4.79 Å². The molecule has 0 unspecified atom stereocenters. The van der Waals surface area contributed by atoms with E-state index in [2.05, 4.69) is 27.2 Å². The number of hydrogen-bond donors (Lipinski definition) is 0. The van der Waals surface area contributed by atoms with E-state index < -0.39 is 11.8 Å². The molecule has 0 aliphatic carbocycles. The van der Waals surface area contributed by atoms with Gasteiger partial charge in [0.05, 0.1) is 5.02 Å². The first-order valence-electron chi connectivity index (χ1n) is 3.52. The van der Waals surface area contributed by atoms with Crippen LogP contribution in [0.4, 0.5) is 4.39 Å². The van der Waals surface area contributed by atoms with Gasteiger partial charge in [0.25, 0.3) is 0 Å². The highest BCUT2D eigenvalue weighted by molar-refractivity contribution is 9.10. The molecule has 0 aromatic heterocycles. The number of hydrogen-bond acceptors (Lipinski definition) is 2. The van der Waals surface area contributed by atoms with E-state index in [1.165, 1.54) is 12.1 Å². The third kappa shape index (κ3) is 2.82. The number of carbonyl (C=O) groups excluding carboxylic acids is 1. The van der Waals surface area contributed by atoms with Crippen LogP contribution in [-0.4, -0.2) is 5.97 Å². The molecule has 0 fully saturated rings. The van der Waals surface area contributed by atoms with E-state index in [0.29, 0.717) is 0 Å². The molecule has 0 spiro atoms. The van der Waals surface area contributed by atoms with Gasteiger partial charge in [-0.3, -0.25) is 0 Å². The SMILES string of the molecule is C=C(F)C(=O)Oc1ccc(Br)cc1Cl. The number of esters is 1. The summed E-state index contributed by atoms with van der Waals surface area (Å²) < 4.78 is 17.6.